The molecule has 80 valence electrons. The van der Waals surface area contributed by atoms with Crippen LogP contribution in [0.1, 0.15) is 20.8 Å². The number of rotatable bonds is 6. The molecule has 1 heterocycles. The number of aromatic nitrogens is 2. The second kappa shape index (κ2) is 6.37. The molecule has 0 bridgehead atoms. The molecule has 0 spiro atoms. The van der Waals surface area contributed by atoms with Gasteiger partial charge in [0.1, 0.15) is 5.51 Å². The quantitative estimate of drug-likeness (QED) is 0.762. The predicted molar refractivity (Wildman–Crippen MR) is 62.9 cm³/mol. The van der Waals surface area contributed by atoms with E-state index < -0.39 is 0 Å². The molecule has 0 aliphatic rings. The van der Waals surface area contributed by atoms with Gasteiger partial charge in [-0.25, -0.2) is 0 Å². The Morgan fingerprint density at radius 3 is 2.86 bits per heavy atom. The number of thioether (sulfide) groups is 1. The van der Waals surface area contributed by atoms with Gasteiger partial charge in [0.05, 0.1) is 0 Å². The number of hydrogen-bond donors (Lipinski definition) is 1. The van der Waals surface area contributed by atoms with Crippen LogP contribution in [0.15, 0.2) is 9.85 Å². The van der Waals surface area contributed by atoms with Crippen LogP contribution >= 0.6 is 23.1 Å². The Bertz CT molecular complexity index is 236. The first kappa shape index (κ1) is 11.9. The molecule has 3 nitrogen and oxygen atoms in total. The summed E-state index contributed by atoms with van der Waals surface area (Å²) in [7, 11) is 0. The minimum atomic E-state index is 0.564. The van der Waals surface area contributed by atoms with E-state index in [1.165, 1.54) is 0 Å². The van der Waals surface area contributed by atoms with Crippen LogP contribution < -0.4 is 5.32 Å². The standard InChI is InChI=1S/C9H17N3S2/c1-4-10-8(7(2)3)5-13-9-12-11-6-14-9/h6-8,10H,4-5H2,1-3H3. The highest BCUT2D eigenvalue weighted by Gasteiger charge is 2.12. The van der Waals surface area contributed by atoms with Crippen molar-refractivity contribution in [3.05, 3.63) is 5.51 Å². The topological polar surface area (TPSA) is 37.8 Å². The molecule has 0 aliphatic heterocycles. The third-order valence-electron chi connectivity index (χ3n) is 2.00. The molecule has 1 aromatic rings. The van der Waals surface area contributed by atoms with Gasteiger partial charge in [-0.1, -0.05) is 43.9 Å². The molecule has 1 atom stereocenters. The van der Waals surface area contributed by atoms with Crippen LogP contribution in [0.5, 0.6) is 0 Å². The van der Waals surface area contributed by atoms with Crippen molar-refractivity contribution in [2.24, 2.45) is 5.92 Å². The maximum absolute atomic E-state index is 4.01. The average molecular weight is 231 g/mol. The molecule has 0 fully saturated rings. The van der Waals surface area contributed by atoms with Crippen molar-refractivity contribution in [3.8, 4) is 0 Å². The molecule has 0 aliphatic carbocycles. The summed E-state index contributed by atoms with van der Waals surface area (Å²) >= 11 is 3.39. The second-order valence-electron chi connectivity index (χ2n) is 3.42. The zero-order valence-electron chi connectivity index (χ0n) is 8.86. The van der Waals surface area contributed by atoms with Gasteiger partial charge in [-0.2, -0.15) is 0 Å². The van der Waals surface area contributed by atoms with E-state index in [4.69, 9.17) is 0 Å². The zero-order valence-corrected chi connectivity index (χ0v) is 10.5. The predicted octanol–water partition coefficient (Wildman–Crippen LogP) is 2.26. The van der Waals surface area contributed by atoms with E-state index in [1.54, 1.807) is 28.6 Å². The number of nitrogens with one attached hydrogen (secondary N) is 1. The van der Waals surface area contributed by atoms with Crippen molar-refractivity contribution >= 4 is 23.1 Å². The lowest BCUT2D eigenvalue weighted by Gasteiger charge is -2.20. The van der Waals surface area contributed by atoms with Crippen LogP contribution in [0.3, 0.4) is 0 Å². The molecule has 1 rings (SSSR count). The van der Waals surface area contributed by atoms with Gasteiger partial charge in [-0.05, 0) is 12.5 Å². The van der Waals surface area contributed by atoms with Crippen LogP contribution in [0.4, 0.5) is 0 Å². The number of nitrogens with zero attached hydrogens (tertiary/aromatic N) is 2. The first-order valence-corrected chi connectivity index (χ1v) is 6.73. The highest BCUT2D eigenvalue weighted by molar-refractivity contribution is 8.01. The molecule has 1 unspecified atom stereocenters. The van der Waals surface area contributed by atoms with E-state index in [-0.39, 0.29) is 0 Å². The summed E-state index contributed by atoms with van der Waals surface area (Å²) in [5.74, 6) is 1.73. The largest absolute Gasteiger partial charge is 0.313 e. The SMILES string of the molecule is CCNC(CSc1nncs1)C(C)C. The summed E-state index contributed by atoms with van der Waals surface area (Å²) in [4.78, 5) is 0. The van der Waals surface area contributed by atoms with Gasteiger partial charge in [0.15, 0.2) is 4.34 Å². The van der Waals surface area contributed by atoms with Crippen molar-refractivity contribution in [2.75, 3.05) is 12.3 Å². The van der Waals surface area contributed by atoms with E-state index in [2.05, 4.69) is 36.3 Å². The van der Waals surface area contributed by atoms with Crippen molar-refractivity contribution in [1.82, 2.24) is 15.5 Å². The van der Waals surface area contributed by atoms with Crippen molar-refractivity contribution < 1.29 is 0 Å². The maximum atomic E-state index is 4.01. The average Bonchev–Trinajstić information content (AvgIpc) is 2.64. The lowest BCUT2D eigenvalue weighted by atomic mass is 10.1. The van der Waals surface area contributed by atoms with E-state index in [0.717, 1.165) is 16.6 Å². The third kappa shape index (κ3) is 3.94. The first-order valence-electron chi connectivity index (χ1n) is 4.86. The summed E-state index contributed by atoms with van der Waals surface area (Å²) in [5, 5.41) is 11.3. The molecule has 14 heavy (non-hydrogen) atoms. The van der Waals surface area contributed by atoms with Crippen LogP contribution in [0.2, 0.25) is 0 Å². The molecule has 0 saturated carbocycles. The van der Waals surface area contributed by atoms with Gasteiger partial charge in [0, 0.05) is 11.8 Å². The smallest absolute Gasteiger partial charge is 0.174 e. The summed E-state index contributed by atoms with van der Waals surface area (Å²) < 4.78 is 1.06. The van der Waals surface area contributed by atoms with Crippen LogP contribution in [0, 0.1) is 5.92 Å². The summed E-state index contributed by atoms with van der Waals surface area (Å²) in [6, 6.07) is 0.564. The third-order valence-corrected chi connectivity index (χ3v) is 3.98. The van der Waals surface area contributed by atoms with Gasteiger partial charge in [0.2, 0.25) is 0 Å². The summed E-state index contributed by atoms with van der Waals surface area (Å²) in [6.07, 6.45) is 0. The Kier molecular flexibility index (Phi) is 5.44. The summed E-state index contributed by atoms with van der Waals surface area (Å²) in [5.41, 5.74) is 1.78. The van der Waals surface area contributed by atoms with E-state index >= 15 is 0 Å². The zero-order chi connectivity index (χ0) is 10.4. The van der Waals surface area contributed by atoms with Crippen LogP contribution in [-0.4, -0.2) is 28.5 Å². The van der Waals surface area contributed by atoms with Crippen molar-refractivity contribution in [2.45, 2.75) is 31.2 Å². The number of hydrogen-bond acceptors (Lipinski definition) is 5. The Labute approximate surface area is 93.7 Å². The Morgan fingerprint density at radius 1 is 1.57 bits per heavy atom. The fourth-order valence-corrected chi connectivity index (χ4v) is 2.95. The molecule has 0 aromatic carbocycles. The fourth-order valence-electron chi connectivity index (χ4n) is 1.14. The van der Waals surface area contributed by atoms with E-state index in [1.807, 2.05) is 0 Å². The lowest BCUT2D eigenvalue weighted by molar-refractivity contribution is 0.443. The van der Waals surface area contributed by atoms with Crippen LogP contribution in [0.25, 0.3) is 0 Å². The Balaban J connectivity index is 2.33. The highest BCUT2D eigenvalue weighted by atomic mass is 32.2. The molecule has 0 amide bonds. The van der Waals surface area contributed by atoms with E-state index in [9.17, 15) is 0 Å². The molecule has 5 heteroatoms. The van der Waals surface area contributed by atoms with Gasteiger partial charge in [-0.15, -0.1) is 10.2 Å². The fraction of sp³-hybridized carbons (Fsp3) is 0.778. The normalized spacial score (nSPS) is 13.4. The minimum absolute atomic E-state index is 0.564. The maximum Gasteiger partial charge on any atom is 0.174 e. The first-order chi connectivity index (χ1) is 6.74. The molecule has 0 radical (unpaired) electrons. The van der Waals surface area contributed by atoms with Gasteiger partial charge < -0.3 is 5.32 Å². The van der Waals surface area contributed by atoms with Gasteiger partial charge >= 0.3 is 0 Å². The van der Waals surface area contributed by atoms with Crippen LogP contribution in [-0.2, 0) is 0 Å². The molecule has 0 saturated heterocycles. The monoisotopic (exact) mass is 231 g/mol. The molecular weight excluding hydrogens is 214 g/mol. The van der Waals surface area contributed by atoms with Crippen molar-refractivity contribution in [3.63, 3.8) is 0 Å². The highest BCUT2D eigenvalue weighted by Crippen LogP contribution is 2.21. The molecule has 1 N–H and O–H groups in total. The lowest BCUT2D eigenvalue weighted by Crippen LogP contribution is -2.35. The van der Waals surface area contributed by atoms with Gasteiger partial charge in [0.25, 0.3) is 0 Å². The van der Waals surface area contributed by atoms with Gasteiger partial charge in [-0.3, -0.25) is 0 Å². The van der Waals surface area contributed by atoms with Crippen molar-refractivity contribution in [1.29, 1.82) is 0 Å². The Hall–Kier alpha value is -0.130. The minimum Gasteiger partial charge on any atom is -0.313 e. The summed E-state index contributed by atoms with van der Waals surface area (Å²) in [6.45, 7) is 7.66. The van der Waals surface area contributed by atoms with E-state index in [0.29, 0.717) is 12.0 Å². The molecular formula is C9H17N3S2. The molecule has 1 aromatic heterocycles. The Morgan fingerprint density at radius 2 is 2.36 bits per heavy atom. The second-order valence-corrected chi connectivity index (χ2v) is 5.52.